The van der Waals surface area contributed by atoms with Crippen LogP contribution in [-0.4, -0.2) is 22.5 Å². The molecule has 0 saturated heterocycles. The number of hydrogen-bond acceptors (Lipinski definition) is 4. The third-order valence-electron chi connectivity index (χ3n) is 4.69. The van der Waals surface area contributed by atoms with E-state index in [1.165, 1.54) is 0 Å². The van der Waals surface area contributed by atoms with Crippen molar-refractivity contribution in [3.63, 3.8) is 0 Å². The van der Waals surface area contributed by atoms with Gasteiger partial charge in [0.15, 0.2) is 0 Å². The number of aromatic nitrogens is 1. The van der Waals surface area contributed by atoms with Crippen LogP contribution in [0.3, 0.4) is 0 Å². The third-order valence-corrected chi connectivity index (χ3v) is 4.69. The molecule has 1 aliphatic carbocycles. The van der Waals surface area contributed by atoms with Crippen LogP contribution in [0.1, 0.15) is 31.2 Å². The second-order valence-corrected chi connectivity index (χ2v) is 5.94. The molecule has 22 heavy (non-hydrogen) atoms. The molecule has 8 heteroatoms. The largest absolute Gasteiger partial charge is 0.391 e. The van der Waals surface area contributed by atoms with Gasteiger partial charge in [-0.1, -0.05) is 0 Å². The highest BCUT2D eigenvalue weighted by molar-refractivity contribution is 5.87. The first-order valence-electron chi connectivity index (χ1n) is 7.38. The van der Waals surface area contributed by atoms with Gasteiger partial charge in [0, 0.05) is 17.7 Å². The van der Waals surface area contributed by atoms with Crippen molar-refractivity contribution in [1.29, 1.82) is 0 Å². The van der Waals surface area contributed by atoms with Gasteiger partial charge >= 0.3 is 6.18 Å². The maximum atomic E-state index is 12.8. The van der Waals surface area contributed by atoms with Gasteiger partial charge in [0.25, 0.3) is 0 Å². The molecule has 0 spiro atoms. The highest BCUT2D eigenvalue weighted by atomic mass is 19.4. The molecule has 0 amide bonds. The molecule has 3 heterocycles. The molecule has 1 saturated carbocycles. The van der Waals surface area contributed by atoms with Crippen molar-refractivity contribution < 1.29 is 13.2 Å². The Morgan fingerprint density at radius 2 is 1.95 bits per heavy atom. The maximum absolute atomic E-state index is 12.8. The molecule has 3 aliphatic rings. The summed E-state index contributed by atoms with van der Waals surface area (Å²) in [6, 6.07) is 1.93. The van der Waals surface area contributed by atoms with Crippen molar-refractivity contribution in [2.24, 2.45) is 16.8 Å². The van der Waals surface area contributed by atoms with Crippen LogP contribution in [0, 0.1) is 11.8 Å². The molecular formula is C14H16F3N5. The second kappa shape index (κ2) is 4.77. The number of aromatic amines is 1. The van der Waals surface area contributed by atoms with E-state index in [1.807, 2.05) is 12.3 Å². The van der Waals surface area contributed by atoms with Gasteiger partial charge in [0.2, 0.25) is 0 Å². The summed E-state index contributed by atoms with van der Waals surface area (Å²) in [6.45, 7) is 0. The average molecular weight is 311 g/mol. The molecule has 1 aromatic heterocycles. The summed E-state index contributed by atoms with van der Waals surface area (Å²) >= 11 is 0. The minimum atomic E-state index is -4.07. The highest BCUT2D eigenvalue weighted by Crippen LogP contribution is 2.44. The molecule has 1 fully saturated rings. The van der Waals surface area contributed by atoms with Gasteiger partial charge in [-0.3, -0.25) is 0 Å². The Morgan fingerprint density at radius 3 is 2.68 bits per heavy atom. The zero-order valence-electron chi connectivity index (χ0n) is 11.7. The van der Waals surface area contributed by atoms with Crippen molar-refractivity contribution in [1.82, 2.24) is 21.0 Å². The number of allylic oxidation sites excluding steroid dienone is 1. The average Bonchev–Trinajstić information content (AvgIpc) is 3.12. The van der Waals surface area contributed by atoms with E-state index in [4.69, 9.17) is 0 Å². The Hall–Kier alpha value is -1.96. The summed E-state index contributed by atoms with van der Waals surface area (Å²) in [5.74, 6) is -0.269. The first kappa shape index (κ1) is 13.7. The number of H-pyrrole nitrogens is 1. The number of nitrogens with zero attached hydrogens (tertiary/aromatic N) is 2. The summed E-state index contributed by atoms with van der Waals surface area (Å²) < 4.78 is 38.4. The molecule has 118 valence electrons. The van der Waals surface area contributed by atoms with Crippen LogP contribution in [-0.2, 0) is 0 Å². The van der Waals surface area contributed by atoms with Gasteiger partial charge in [-0.05, 0) is 31.7 Å². The molecule has 2 aliphatic heterocycles. The van der Waals surface area contributed by atoms with E-state index in [1.54, 1.807) is 11.3 Å². The molecule has 1 aromatic rings. The Bertz CT molecular complexity index is 637. The van der Waals surface area contributed by atoms with E-state index in [2.05, 4.69) is 20.9 Å². The molecule has 4 rings (SSSR count). The van der Waals surface area contributed by atoms with Gasteiger partial charge < -0.3 is 10.4 Å². The molecule has 0 atom stereocenters. The highest BCUT2D eigenvalue weighted by Gasteiger charge is 2.43. The lowest BCUT2D eigenvalue weighted by molar-refractivity contribution is -0.183. The van der Waals surface area contributed by atoms with Crippen molar-refractivity contribution in [3.8, 4) is 0 Å². The predicted octanol–water partition coefficient (Wildman–Crippen LogP) is 3.05. The first-order chi connectivity index (χ1) is 10.5. The van der Waals surface area contributed by atoms with E-state index < -0.39 is 12.1 Å². The Morgan fingerprint density at radius 1 is 1.18 bits per heavy atom. The lowest BCUT2D eigenvalue weighted by atomic mass is 9.79. The van der Waals surface area contributed by atoms with E-state index >= 15 is 0 Å². The summed E-state index contributed by atoms with van der Waals surface area (Å²) in [4.78, 5) is 7.34. The van der Waals surface area contributed by atoms with Gasteiger partial charge in [0.05, 0.1) is 17.3 Å². The number of nitrogens with one attached hydrogen (secondary N) is 3. The molecule has 3 N–H and O–H groups in total. The van der Waals surface area contributed by atoms with Crippen molar-refractivity contribution in [2.75, 3.05) is 0 Å². The molecule has 0 radical (unpaired) electrons. The smallest absolute Gasteiger partial charge is 0.346 e. The summed E-state index contributed by atoms with van der Waals surface area (Å²) in [5, 5.41) is 1.78. The minimum Gasteiger partial charge on any atom is -0.346 e. The Kier molecular flexibility index (Phi) is 2.97. The van der Waals surface area contributed by atoms with Crippen LogP contribution in [0.25, 0.3) is 5.70 Å². The van der Waals surface area contributed by atoms with Crippen LogP contribution in [0.2, 0.25) is 0 Å². The van der Waals surface area contributed by atoms with Crippen LogP contribution in [0.4, 0.5) is 19.0 Å². The fraction of sp³-hybridized carbons (Fsp3) is 0.500. The van der Waals surface area contributed by atoms with E-state index in [9.17, 15) is 13.2 Å². The van der Waals surface area contributed by atoms with Gasteiger partial charge in [0.1, 0.15) is 12.2 Å². The van der Waals surface area contributed by atoms with Crippen molar-refractivity contribution in [2.45, 2.75) is 31.9 Å². The van der Waals surface area contributed by atoms with E-state index in [-0.39, 0.29) is 18.8 Å². The van der Waals surface area contributed by atoms with Crippen LogP contribution >= 0.6 is 0 Å². The summed E-state index contributed by atoms with van der Waals surface area (Å²) in [7, 11) is 0. The fourth-order valence-corrected chi connectivity index (χ4v) is 3.51. The maximum Gasteiger partial charge on any atom is 0.391 e. The first-order valence-corrected chi connectivity index (χ1v) is 7.38. The fourth-order valence-electron chi connectivity index (χ4n) is 3.51. The number of alkyl halides is 3. The molecule has 5 nitrogen and oxygen atoms in total. The normalized spacial score (nSPS) is 27.7. The summed E-state index contributed by atoms with van der Waals surface area (Å²) in [5.41, 5.74) is 9.01. The summed E-state index contributed by atoms with van der Waals surface area (Å²) in [6.07, 6.45) is 0.887. The lowest BCUT2D eigenvalue weighted by Crippen LogP contribution is -2.38. The quantitative estimate of drug-likeness (QED) is 0.747. The lowest BCUT2D eigenvalue weighted by Gasteiger charge is -2.30. The molecule has 0 bridgehead atoms. The topological polar surface area (TPSA) is 55.5 Å². The van der Waals surface area contributed by atoms with Crippen molar-refractivity contribution in [3.05, 3.63) is 23.5 Å². The molecule has 0 unspecified atom stereocenters. The number of hydrazine groups is 2. The van der Waals surface area contributed by atoms with Crippen molar-refractivity contribution >= 4 is 17.9 Å². The van der Waals surface area contributed by atoms with E-state index in [0.29, 0.717) is 12.8 Å². The van der Waals surface area contributed by atoms with Gasteiger partial charge in [-0.15, -0.1) is 5.53 Å². The number of fused-ring (bicyclic) bond motifs is 3. The zero-order valence-corrected chi connectivity index (χ0v) is 11.7. The Labute approximate surface area is 125 Å². The number of aliphatic imine (C=N–C) groups is 1. The van der Waals surface area contributed by atoms with Crippen LogP contribution in [0.15, 0.2) is 23.0 Å². The molecule has 0 aromatic carbocycles. The van der Waals surface area contributed by atoms with Gasteiger partial charge in [-0.2, -0.15) is 13.2 Å². The SMILES string of the molecule is FC(F)(F)[C@H]1CC[C@H](C2=C3c4cc[nH]c4N=CN3NN2)CC1. The molecular weight excluding hydrogens is 295 g/mol. The number of halogens is 3. The van der Waals surface area contributed by atoms with Crippen LogP contribution < -0.4 is 11.0 Å². The van der Waals surface area contributed by atoms with Crippen LogP contribution in [0.5, 0.6) is 0 Å². The predicted molar refractivity (Wildman–Crippen MR) is 75.5 cm³/mol. The van der Waals surface area contributed by atoms with E-state index in [0.717, 1.165) is 22.8 Å². The Balaban J connectivity index is 1.59. The monoisotopic (exact) mass is 311 g/mol. The number of hydrogen-bond donors (Lipinski definition) is 3. The minimum absolute atomic E-state index is 0.111. The second-order valence-electron chi connectivity index (χ2n) is 5.94. The number of rotatable bonds is 1. The third kappa shape index (κ3) is 2.09. The van der Waals surface area contributed by atoms with Gasteiger partial charge in [-0.25, -0.2) is 10.0 Å². The zero-order chi connectivity index (χ0) is 15.3. The standard InChI is InChI=1S/C14H16F3N5/c15-14(16,17)9-3-1-8(2-4-9)11-12-10-5-6-18-13(10)19-7-22(12)21-20-11/h5-9,18,20-21H,1-4H2/t8-,9-.